The fourth-order valence-electron chi connectivity index (χ4n) is 9.10. The third-order valence-electron chi connectivity index (χ3n) is 10.5. The lowest BCUT2D eigenvalue weighted by atomic mass is 9.44. The fraction of sp³-hybridized carbons (Fsp3) is 0.875. The van der Waals surface area contributed by atoms with Crippen molar-refractivity contribution in [2.24, 2.45) is 34.5 Å². The molecule has 5 nitrogen and oxygen atoms in total. The maximum Gasteiger partial charge on any atom is 0.331 e. The van der Waals surface area contributed by atoms with Crippen LogP contribution in [0.4, 0.5) is 0 Å². The summed E-state index contributed by atoms with van der Waals surface area (Å²) < 4.78 is 17.4. The van der Waals surface area contributed by atoms with Gasteiger partial charge in [-0.3, -0.25) is 0 Å². The summed E-state index contributed by atoms with van der Waals surface area (Å²) in [6, 6.07) is 0. The summed E-state index contributed by atoms with van der Waals surface area (Å²) in [5.41, 5.74) is 1.03. The van der Waals surface area contributed by atoms with Gasteiger partial charge in [-0.2, -0.15) is 0 Å². The van der Waals surface area contributed by atoms with Gasteiger partial charge in [0.2, 0.25) is 0 Å². The molecule has 2 heterocycles. The number of hydrogen-bond donors (Lipinski definition) is 1. The Labute approximate surface area is 173 Å². The van der Waals surface area contributed by atoms with E-state index in [1.165, 1.54) is 38.5 Å². The van der Waals surface area contributed by atoms with Gasteiger partial charge in [-0.05, 0) is 73.7 Å². The highest BCUT2D eigenvalue weighted by Crippen LogP contribution is 2.77. The van der Waals surface area contributed by atoms with Crippen LogP contribution < -0.4 is 0 Å². The molecule has 0 bridgehead atoms. The Morgan fingerprint density at radius 2 is 1.97 bits per heavy atom. The van der Waals surface area contributed by atoms with Gasteiger partial charge in [-0.25, -0.2) is 4.79 Å². The van der Waals surface area contributed by atoms with Crippen molar-refractivity contribution in [1.82, 2.24) is 0 Å². The average molecular weight is 403 g/mol. The lowest BCUT2D eigenvalue weighted by Gasteiger charge is -2.61. The summed E-state index contributed by atoms with van der Waals surface area (Å²) in [7, 11) is 1.86. The molecule has 0 aromatic rings. The molecule has 4 aliphatic carbocycles. The van der Waals surface area contributed by atoms with Crippen LogP contribution in [0.25, 0.3) is 0 Å². The zero-order valence-electron chi connectivity index (χ0n) is 17.9. The molecular formula is C24H34O5. The lowest BCUT2D eigenvalue weighted by Crippen LogP contribution is -2.58. The van der Waals surface area contributed by atoms with E-state index in [9.17, 15) is 9.90 Å². The van der Waals surface area contributed by atoms with Crippen LogP contribution in [-0.2, 0) is 19.0 Å². The van der Waals surface area contributed by atoms with Crippen molar-refractivity contribution < 1.29 is 24.1 Å². The van der Waals surface area contributed by atoms with Crippen molar-refractivity contribution >= 4 is 5.97 Å². The largest absolute Gasteiger partial charge is 0.458 e. The molecule has 1 N–H and O–H groups in total. The van der Waals surface area contributed by atoms with Crippen LogP contribution in [0.2, 0.25) is 0 Å². The minimum absolute atomic E-state index is 0.0107. The van der Waals surface area contributed by atoms with Crippen LogP contribution in [0.1, 0.15) is 58.8 Å². The second-order valence-corrected chi connectivity index (χ2v) is 11.2. The topological polar surface area (TPSA) is 68.3 Å². The molecule has 1 spiro atoms. The number of fused-ring (bicyclic) bond motifs is 3. The lowest BCUT2D eigenvalue weighted by molar-refractivity contribution is -0.151. The number of ether oxygens (including phenoxy) is 3. The Bertz CT molecular complexity index is 777. The second kappa shape index (κ2) is 5.86. The van der Waals surface area contributed by atoms with Crippen molar-refractivity contribution in [3.63, 3.8) is 0 Å². The first kappa shape index (κ1) is 18.8. The highest BCUT2D eigenvalue weighted by Gasteiger charge is 2.83. The van der Waals surface area contributed by atoms with Crippen LogP contribution in [0, 0.1) is 34.5 Å². The maximum absolute atomic E-state index is 11.7. The van der Waals surface area contributed by atoms with Crippen molar-refractivity contribution in [2.75, 3.05) is 13.7 Å². The van der Waals surface area contributed by atoms with Gasteiger partial charge in [0, 0.05) is 24.5 Å². The number of carbonyl (C=O) groups is 1. The molecule has 29 heavy (non-hydrogen) atoms. The molecule has 6 rings (SSSR count). The number of epoxide rings is 1. The van der Waals surface area contributed by atoms with Crippen molar-refractivity contribution in [1.29, 1.82) is 0 Å². The summed E-state index contributed by atoms with van der Waals surface area (Å²) >= 11 is 0. The number of aliphatic hydroxyl groups excluding tert-OH is 1. The molecule has 0 aromatic heterocycles. The molecule has 5 fully saturated rings. The van der Waals surface area contributed by atoms with Gasteiger partial charge in [0.25, 0.3) is 0 Å². The van der Waals surface area contributed by atoms with E-state index in [0.717, 1.165) is 17.9 Å². The van der Waals surface area contributed by atoms with Gasteiger partial charge >= 0.3 is 5.97 Å². The van der Waals surface area contributed by atoms with Crippen molar-refractivity contribution in [3.8, 4) is 0 Å². The maximum atomic E-state index is 11.7. The molecule has 2 aliphatic heterocycles. The quantitative estimate of drug-likeness (QED) is 0.567. The van der Waals surface area contributed by atoms with Crippen LogP contribution in [-0.4, -0.2) is 48.7 Å². The van der Waals surface area contributed by atoms with Crippen LogP contribution in [0.15, 0.2) is 11.6 Å². The van der Waals surface area contributed by atoms with E-state index in [4.69, 9.17) is 14.2 Å². The molecule has 0 radical (unpaired) electrons. The Balaban J connectivity index is 1.34. The summed E-state index contributed by atoms with van der Waals surface area (Å²) in [5.74, 6) is 1.65. The van der Waals surface area contributed by atoms with Gasteiger partial charge in [0.15, 0.2) is 0 Å². The molecule has 6 aliphatic rings. The standard InChI is InChI=1S/C24H34O5/c1-22-8-6-15(27-3)11-14(22)4-5-17-16(22)7-9-23(2)19(13-10-18(25)28-12-13)20(26)21-24(17,23)29-21/h10,14-17,19-21,26H,4-9,11-12H2,1-3H3/t14-,15-,16-,17+,19-,20+,21+,22-,23+,24+/m0/s1. The van der Waals surface area contributed by atoms with E-state index in [1.54, 1.807) is 6.08 Å². The Kier molecular flexibility index (Phi) is 3.81. The zero-order valence-corrected chi connectivity index (χ0v) is 17.9. The number of aliphatic hydroxyl groups is 1. The third-order valence-corrected chi connectivity index (χ3v) is 10.5. The van der Waals surface area contributed by atoms with E-state index in [1.807, 2.05) is 7.11 Å². The first-order chi connectivity index (χ1) is 13.8. The minimum atomic E-state index is -0.519. The molecule has 0 unspecified atom stereocenters. The number of hydrogen-bond acceptors (Lipinski definition) is 5. The van der Waals surface area contributed by atoms with Gasteiger partial charge < -0.3 is 19.3 Å². The second-order valence-electron chi connectivity index (χ2n) is 11.2. The number of carbonyl (C=O) groups excluding carboxylic acids is 1. The van der Waals surface area contributed by atoms with Gasteiger partial charge in [-0.1, -0.05) is 13.8 Å². The number of cyclic esters (lactones) is 1. The number of rotatable bonds is 2. The van der Waals surface area contributed by atoms with Gasteiger partial charge in [-0.15, -0.1) is 0 Å². The van der Waals surface area contributed by atoms with E-state index in [2.05, 4.69) is 13.8 Å². The van der Waals surface area contributed by atoms with Gasteiger partial charge in [0.05, 0.1) is 12.2 Å². The Morgan fingerprint density at radius 3 is 2.69 bits per heavy atom. The smallest absolute Gasteiger partial charge is 0.331 e. The molecule has 0 amide bonds. The van der Waals surface area contributed by atoms with Crippen LogP contribution in [0.5, 0.6) is 0 Å². The molecule has 5 heteroatoms. The summed E-state index contributed by atoms with van der Waals surface area (Å²) in [4.78, 5) is 11.7. The van der Waals surface area contributed by atoms with Gasteiger partial charge in [0.1, 0.15) is 18.3 Å². The third kappa shape index (κ3) is 2.15. The predicted molar refractivity (Wildman–Crippen MR) is 106 cm³/mol. The average Bonchev–Trinajstić information content (AvgIpc) is 3.26. The highest BCUT2D eigenvalue weighted by molar-refractivity contribution is 5.85. The Hall–Kier alpha value is -0.910. The number of methoxy groups -OCH3 is 1. The van der Waals surface area contributed by atoms with E-state index in [-0.39, 0.29) is 29.0 Å². The van der Waals surface area contributed by atoms with Crippen molar-refractivity contribution in [2.45, 2.75) is 82.7 Å². The van der Waals surface area contributed by atoms with Crippen molar-refractivity contribution in [3.05, 3.63) is 11.6 Å². The normalized spacial score (nSPS) is 57.9. The first-order valence-corrected chi connectivity index (χ1v) is 11.6. The van der Waals surface area contributed by atoms with E-state index < -0.39 is 6.10 Å². The molecular weight excluding hydrogens is 368 g/mol. The van der Waals surface area contributed by atoms with E-state index in [0.29, 0.717) is 30.0 Å². The molecule has 10 atom stereocenters. The number of esters is 1. The zero-order chi connectivity index (χ0) is 20.2. The Morgan fingerprint density at radius 1 is 1.14 bits per heavy atom. The summed E-state index contributed by atoms with van der Waals surface area (Å²) in [5, 5.41) is 11.2. The van der Waals surface area contributed by atoms with Crippen LogP contribution >= 0.6 is 0 Å². The molecule has 4 saturated carbocycles. The van der Waals surface area contributed by atoms with Crippen LogP contribution in [0.3, 0.4) is 0 Å². The van der Waals surface area contributed by atoms with E-state index >= 15 is 0 Å². The highest BCUT2D eigenvalue weighted by atomic mass is 16.6. The molecule has 0 aromatic carbocycles. The summed E-state index contributed by atoms with van der Waals surface area (Å²) in [6.07, 6.45) is 9.78. The molecule has 1 saturated heterocycles. The first-order valence-electron chi connectivity index (χ1n) is 11.6. The molecule has 160 valence electrons. The minimum Gasteiger partial charge on any atom is -0.458 e. The monoisotopic (exact) mass is 402 g/mol. The fourth-order valence-corrected chi connectivity index (χ4v) is 9.10. The predicted octanol–water partition coefficient (Wildman–Crippen LogP) is 3.25. The SMILES string of the molecule is CO[C@H]1CC[C@@]2(C)[C@@H](CC[C@@H]3[C@@H]2CC[C@]2(C)[C@@H](C4=CC(=O)OC4)[C@@H](O)[C@H]4O[C@]342)C1. The summed E-state index contributed by atoms with van der Waals surface area (Å²) in [6.45, 7) is 5.20.